The van der Waals surface area contributed by atoms with Gasteiger partial charge in [-0.15, -0.1) is 10.2 Å². The van der Waals surface area contributed by atoms with Crippen LogP contribution in [0.5, 0.6) is 0 Å². The van der Waals surface area contributed by atoms with Gasteiger partial charge in [0.1, 0.15) is 11.0 Å². The highest BCUT2D eigenvalue weighted by atomic mass is 35.5. The monoisotopic (exact) mass is 357 g/mol. The third-order valence-electron chi connectivity index (χ3n) is 4.38. The van der Waals surface area contributed by atoms with E-state index in [2.05, 4.69) is 69.9 Å². The first-order chi connectivity index (χ1) is 11.5. The highest BCUT2D eigenvalue weighted by molar-refractivity contribution is 6.35. The Morgan fingerprint density at radius 2 is 1.60 bits per heavy atom. The standard InChI is InChI=1S/C20H24ClN3O/c1-19(2,3)13-9-7-8-12(17(13)20(4,5)6)16-14(21)10-11-15-18(16)23-24(25)22-15/h7-11,25H,1-6H3. The minimum absolute atomic E-state index is 0.00636. The summed E-state index contributed by atoms with van der Waals surface area (Å²) in [6.07, 6.45) is 0. The molecule has 3 aromatic rings. The van der Waals surface area contributed by atoms with E-state index >= 15 is 0 Å². The average molecular weight is 358 g/mol. The zero-order valence-corrected chi connectivity index (χ0v) is 16.3. The summed E-state index contributed by atoms with van der Waals surface area (Å²) < 4.78 is 0. The summed E-state index contributed by atoms with van der Waals surface area (Å²) in [7, 11) is 0. The zero-order valence-electron chi connectivity index (χ0n) is 15.6. The summed E-state index contributed by atoms with van der Waals surface area (Å²) in [4.78, 5) is 0.606. The molecule has 0 aliphatic rings. The van der Waals surface area contributed by atoms with Gasteiger partial charge in [0, 0.05) is 5.56 Å². The molecule has 0 aliphatic carbocycles. The van der Waals surface area contributed by atoms with Crippen LogP contribution in [0.4, 0.5) is 0 Å². The van der Waals surface area contributed by atoms with Crippen LogP contribution in [-0.2, 0) is 10.8 Å². The van der Waals surface area contributed by atoms with E-state index < -0.39 is 0 Å². The molecule has 1 heterocycles. The predicted molar refractivity (Wildman–Crippen MR) is 103 cm³/mol. The minimum atomic E-state index is -0.0834. The van der Waals surface area contributed by atoms with Crippen LogP contribution in [-0.4, -0.2) is 20.4 Å². The van der Waals surface area contributed by atoms with Crippen LogP contribution in [0.1, 0.15) is 52.7 Å². The topological polar surface area (TPSA) is 50.9 Å². The number of hydrogen-bond acceptors (Lipinski definition) is 3. The highest BCUT2D eigenvalue weighted by Crippen LogP contribution is 2.43. The summed E-state index contributed by atoms with van der Waals surface area (Å²) in [5, 5.41) is 18.4. The maximum Gasteiger partial charge on any atom is 0.126 e. The van der Waals surface area contributed by atoms with Crippen LogP contribution in [0.3, 0.4) is 0 Å². The van der Waals surface area contributed by atoms with Crippen LogP contribution in [0.15, 0.2) is 30.3 Å². The lowest BCUT2D eigenvalue weighted by atomic mass is 9.72. The molecule has 0 saturated carbocycles. The summed E-state index contributed by atoms with van der Waals surface area (Å²) in [6, 6.07) is 9.90. The Balaban J connectivity index is 2.46. The molecule has 0 spiro atoms. The van der Waals surface area contributed by atoms with Crippen LogP contribution >= 0.6 is 11.6 Å². The van der Waals surface area contributed by atoms with Gasteiger partial charge in [0.25, 0.3) is 0 Å². The van der Waals surface area contributed by atoms with Gasteiger partial charge in [0.15, 0.2) is 0 Å². The molecule has 0 saturated heterocycles. The fraction of sp³-hybridized carbons (Fsp3) is 0.400. The molecule has 1 aromatic heterocycles. The maximum absolute atomic E-state index is 9.68. The molecule has 4 nitrogen and oxygen atoms in total. The summed E-state index contributed by atoms with van der Waals surface area (Å²) >= 11 is 6.58. The fourth-order valence-corrected chi connectivity index (χ4v) is 3.65. The van der Waals surface area contributed by atoms with Crippen molar-refractivity contribution in [2.45, 2.75) is 52.4 Å². The molecule has 1 N–H and O–H groups in total. The molecule has 25 heavy (non-hydrogen) atoms. The van der Waals surface area contributed by atoms with E-state index in [9.17, 15) is 5.21 Å². The third-order valence-corrected chi connectivity index (χ3v) is 4.70. The van der Waals surface area contributed by atoms with Gasteiger partial charge in [-0.2, -0.15) is 0 Å². The first kappa shape index (κ1) is 17.7. The number of fused-ring (bicyclic) bond motifs is 1. The molecular formula is C20H24ClN3O. The first-order valence-electron chi connectivity index (χ1n) is 8.39. The highest BCUT2D eigenvalue weighted by Gasteiger charge is 2.29. The molecule has 0 atom stereocenters. The van der Waals surface area contributed by atoms with Crippen molar-refractivity contribution in [1.82, 2.24) is 15.2 Å². The molecule has 0 bridgehead atoms. The van der Waals surface area contributed by atoms with Crippen molar-refractivity contribution < 1.29 is 5.21 Å². The zero-order chi connectivity index (χ0) is 18.6. The van der Waals surface area contributed by atoms with Crippen LogP contribution < -0.4 is 0 Å². The van der Waals surface area contributed by atoms with Crippen molar-refractivity contribution in [3.63, 3.8) is 0 Å². The van der Waals surface area contributed by atoms with Crippen LogP contribution in [0, 0.1) is 0 Å². The normalized spacial score (nSPS) is 12.8. The Morgan fingerprint density at radius 1 is 0.920 bits per heavy atom. The van der Waals surface area contributed by atoms with E-state index in [4.69, 9.17) is 11.6 Å². The van der Waals surface area contributed by atoms with Crippen LogP contribution in [0.25, 0.3) is 22.2 Å². The van der Waals surface area contributed by atoms with Crippen molar-refractivity contribution in [1.29, 1.82) is 0 Å². The smallest absolute Gasteiger partial charge is 0.126 e. The molecule has 0 radical (unpaired) electrons. The lowest BCUT2D eigenvalue weighted by molar-refractivity contribution is 0.113. The number of halogens is 1. The average Bonchev–Trinajstić information content (AvgIpc) is 2.85. The SMILES string of the molecule is CC(C)(C)c1cccc(-c2c(Cl)ccc3nn(O)nc23)c1C(C)(C)C. The second-order valence-corrected chi connectivity index (χ2v) is 8.89. The van der Waals surface area contributed by atoms with E-state index in [1.807, 2.05) is 6.07 Å². The number of nitrogens with zero attached hydrogens (tertiary/aromatic N) is 3. The lowest BCUT2D eigenvalue weighted by Crippen LogP contribution is -2.23. The maximum atomic E-state index is 9.68. The largest absolute Gasteiger partial charge is 0.396 e. The Hall–Kier alpha value is -2.07. The second-order valence-electron chi connectivity index (χ2n) is 8.49. The predicted octanol–water partition coefficient (Wildman–Crippen LogP) is 5.58. The molecule has 5 heteroatoms. The van der Waals surface area contributed by atoms with Gasteiger partial charge in [-0.05, 0) is 44.6 Å². The second kappa shape index (κ2) is 5.73. The molecule has 0 amide bonds. The Labute approximate surface area is 153 Å². The van der Waals surface area contributed by atoms with E-state index in [0.717, 1.165) is 11.1 Å². The Bertz CT molecular complexity index is 946. The molecule has 2 aromatic carbocycles. The minimum Gasteiger partial charge on any atom is -0.396 e. The van der Waals surface area contributed by atoms with Gasteiger partial charge in [0.05, 0.1) is 5.02 Å². The molecule has 0 fully saturated rings. The molecule has 0 aliphatic heterocycles. The van der Waals surface area contributed by atoms with Crippen molar-refractivity contribution >= 4 is 22.6 Å². The molecule has 132 valence electrons. The van der Waals surface area contributed by atoms with Crippen LogP contribution in [0.2, 0.25) is 5.02 Å². The third kappa shape index (κ3) is 3.11. The number of aromatic nitrogens is 3. The number of hydrogen-bond donors (Lipinski definition) is 1. The van der Waals surface area contributed by atoms with E-state index in [1.165, 1.54) is 11.1 Å². The molecule has 0 unspecified atom stereocenters. The summed E-state index contributed by atoms with van der Waals surface area (Å²) in [6.45, 7) is 13.3. The van der Waals surface area contributed by atoms with Gasteiger partial charge in [-0.1, -0.05) is 71.3 Å². The van der Waals surface area contributed by atoms with Crippen molar-refractivity contribution in [2.24, 2.45) is 0 Å². The molecular weight excluding hydrogens is 334 g/mol. The van der Waals surface area contributed by atoms with Gasteiger partial charge in [0.2, 0.25) is 0 Å². The Kier molecular flexibility index (Phi) is 4.07. The quantitative estimate of drug-likeness (QED) is 0.578. The van der Waals surface area contributed by atoms with Crippen molar-refractivity contribution in [3.8, 4) is 11.1 Å². The van der Waals surface area contributed by atoms with E-state index in [-0.39, 0.29) is 10.8 Å². The number of rotatable bonds is 1. The van der Waals surface area contributed by atoms with E-state index in [1.54, 1.807) is 6.07 Å². The van der Waals surface area contributed by atoms with Gasteiger partial charge in [-0.25, -0.2) is 0 Å². The van der Waals surface area contributed by atoms with Crippen molar-refractivity contribution in [2.75, 3.05) is 0 Å². The first-order valence-corrected chi connectivity index (χ1v) is 8.77. The lowest BCUT2D eigenvalue weighted by Gasteiger charge is -2.32. The summed E-state index contributed by atoms with van der Waals surface area (Å²) in [5.41, 5.74) is 5.50. The van der Waals surface area contributed by atoms with Gasteiger partial charge >= 0.3 is 0 Å². The van der Waals surface area contributed by atoms with Gasteiger partial charge < -0.3 is 5.21 Å². The number of benzene rings is 2. The fourth-order valence-electron chi connectivity index (χ4n) is 3.40. The van der Waals surface area contributed by atoms with Gasteiger partial charge in [-0.3, -0.25) is 0 Å². The summed E-state index contributed by atoms with van der Waals surface area (Å²) in [5.74, 6) is 0. The van der Waals surface area contributed by atoms with E-state index in [0.29, 0.717) is 21.0 Å². The molecule has 3 rings (SSSR count). The van der Waals surface area contributed by atoms with Crippen molar-refractivity contribution in [3.05, 3.63) is 46.5 Å². The Morgan fingerprint density at radius 3 is 2.20 bits per heavy atom.